The number of carbonyl (C=O) groups excluding carboxylic acids is 1. The summed E-state index contributed by atoms with van der Waals surface area (Å²) in [5, 5.41) is 2.59. The zero-order valence-electron chi connectivity index (χ0n) is 10.6. The third-order valence-corrected chi connectivity index (χ3v) is 4.66. The summed E-state index contributed by atoms with van der Waals surface area (Å²) >= 11 is 0. The number of nitrogens with one attached hydrogen (secondary N) is 2. The minimum atomic E-state index is -3.60. The maximum atomic E-state index is 12.2. The van der Waals surface area contributed by atoms with Crippen molar-refractivity contribution in [1.82, 2.24) is 10.0 Å². The molecule has 1 atom stereocenters. The fraction of sp³-hybridized carbons (Fsp3) is 0.417. The molecule has 0 bridgehead atoms. The topological polar surface area (TPSA) is 101 Å². The minimum Gasteiger partial charge on any atom is -0.354 e. The van der Waals surface area contributed by atoms with Crippen LogP contribution in [0.1, 0.15) is 17.5 Å². The summed E-state index contributed by atoms with van der Waals surface area (Å²) in [5.74, 6) is -0.137. The molecule has 1 unspecified atom stereocenters. The first kappa shape index (κ1) is 14.0. The van der Waals surface area contributed by atoms with Crippen LogP contribution in [0.5, 0.6) is 0 Å². The van der Waals surface area contributed by atoms with Crippen LogP contribution in [0.3, 0.4) is 0 Å². The molecule has 1 aromatic rings. The molecule has 1 heterocycles. The van der Waals surface area contributed by atoms with Gasteiger partial charge in [0.2, 0.25) is 15.9 Å². The normalized spacial score (nSPS) is 19.5. The smallest absolute Gasteiger partial charge is 0.240 e. The van der Waals surface area contributed by atoms with Gasteiger partial charge in [-0.05, 0) is 30.2 Å². The van der Waals surface area contributed by atoms with E-state index in [1.54, 1.807) is 12.1 Å². The molecule has 1 aliphatic heterocycles. The van der Waals surface area contributed by atoms with Crippen LogP contribution in [0.15, 0.2) is 23.1 Å². The van der Waals surface area contributed by atoms with E-state index >= 15 is 0 Å². The second-order valence-corrected chi connectivity index (χ2v) is 6.33. The molecule has 1 aromatic carbocycles. The van der Waals surface area contributed by atoms with Gasteiger partial charge in [-0.3, -0.25) is 4.79 Å². The van der Waals surface area contributed by atoms with Gasteiger partial charge in [-0.15, -0.1) is 0 Å². The average molecular weight is 283 g/mol. The van der Waals surface area contributed by atoms with E-state index in [9.17, 15) is 13.2 Å². The molecule has 0 aromatic heterocycles. The van der Waals surface area contributed by atoms with Crippen molar-refractivity contribution in [3.05, 3.63) is 29.3 Å². The van der Waals surface area contributed by atoms with E-state index in [0.29, 0.717) is 13.1 Å². The zero-order chi connectivity index (χ0) is 14.0. The first-order valence-corrected chi connectivity index (χ1v) is 7.49. The molecule has 1 amide bonds. The summed E-state index contributed by atoms with van der Waals surface area (Å²) in [5.41, 5.74) is 7.30. The van der Waals surface area contributed by atoms with Gasteiger partial charge in [0, 0.05) is 25.6 Å². The lowest BCUT2D eigenvalue weighted by molar-refractivity contribution is -0.119. The van der Waals surface area contributed by atoms with E-state index in [0.717, 1.165) is 11.1 Å². The van der Waals surface area contributed by atoms with Gasteiger partial charge in [-0.2, -0.15) is 0 Å². The summed E-state index contributed by atoms with van der Waals surface area (Å²) in [6.07, 6.45) is 0.180. The Kier molecular flexibility index (Phi) is 3.88. The maximum absolute atomic E-state index is 12.2. The molecule has 0 radical (unpaired) electrons. The molecule has 6 nitrogen and oxygen atoms in total. The third-order valence-electron chi connectivity index (χ3n) is 3.14. The molecule has 2 rings (SSSR count). The predicted octanol–water partition coefficient (Wildman–Crippen LogP) is -0.379. The molecule has 1 saturated heterocycles. The number of hydrogen-bond donors (Lipinski definition) is 3. The molecule has 4 N–H and O–H groups in total. The molecule has 1 fully saturated rings. The van der Waals surface area contributed by atoms with Gasteiger partial charge in [0.25, 0.3) is 0 Å². The van der Waals surface area contributed by atoms with Crippen LogP contribution in [0.25, 0.3) is 0 Å². The maximum Gasteiger partial charge on any atom is 0.240 e. The highest BCUT2D eigenvalue weighted by Gasteiger charge is 2.26. The Morgan fingerprint density at radius 1 is 1.47 bits per heavy atom. The summed E-state index contributed by atoms with van der Waals surface area (Å²) in [6.45, 7) is 2.53. The highest BCUT2D eigenvalue weighted by atomic mass is 32.2. The standard InChI is InChI=1S/C12H17N3O3S/c1-8-4-11(3-2-9(8)6-13)19(17,18)15-10-5-12(16)14-7-10/h2-4,10,15H,5-7,13H2,1H3,(H,14,16). The SMILES string of the molecule is Cc1cc(S(=O)(=O)NC2CNC(=O)C2)ccc1CN. The van der Waals surface area contributed by atoms with Crippen LogP contribution in [-0.2, 0) is 21.4 Å². The van der Waals surface area contributed by atoms with Crippen molar-refractivity contribution in [2.24, 2.45) is 5.73 Å². The van der Waals surface area contributed by atoms with Crippen molar-refractivity contribution in [3.63, 3.8) is 0 Å². The summed E-state index contributed by atoms with van der Waals surface area (Å²) in [6, 6.07) is 4.45. The Hall–Kier alpha value is -1.44. The van der Waals surface area contributed by atoms with Gasteiger partial charge in [0.15, 0.2) is 0 Å². The van der Waals surface area contributed by atoms with Crippen molar-refractivity contribution in [1.29, 1.82) is 0 Å². The number of rotatable bonds is 4. The Balaban J connectivity index is 2.19. The van der Waals surface area contributed by atoms with Crippen LogP contribution >= 0.6 is 0 Å². The molecule has 0 saturated carbocycles. The molecule has 104 valence electrons. The van der Waals surface area contributed by atoms with Crippen LogP contribution in [0.2, 0.25) is 0 Å². The van der Waals surface area contributed by atoms with Crippen molar-refractivity contribution in [2.45, 2.75) is 30.8 Å². The number of amides is 1. The molecular weight excluding hydrogens is 266 g/mol. The fourth-order valence-corrected chi connectivity index (χ4v) is 3.36. The Bertz CT molecular complexity index is 598. The Labute approximate surface area is 112 Å². The Morgan fingerprint density at radius 3 is 2.74 bits per heavy atom. The van der Waals surface area contributed by atoms with Crippen LogP contribution in [-0.4, -0.2) is 26.9 Å². The lowest BCUT2D eigenvalue weighted by Gasteiger charge is -2.12. The van der Waals surface area contributed by atoms with Crippen LogP contribution in [0, 0.1) is 6.92 Å². The molecular formula is C12H17N3O3S. The second-order valence-electron chi connectivity index (χ2n) is 4.62. The van der Waals surface area contributed by atoms with Gasteiger partial charge >= 0.3 is 0 Å². The first-order valence-electron chi connectivity index (χ1n) is 6.01. The van der Waals surface area contributed by atoms with Crippen molar-refractivity contribution < 1.29 is 13.2 Å². The monoisotopic (exact) mass is 283 g/mol. The number of benzene rings is 1. The highest BCUT2D eigenvalue weighted by molar-refractivity contribution is 7.89. The number of sulfonamides is 1. The van der Waals surface area contributed by atoms with Gasteiger partial charge in [-0.25, -0.2) is 13.1 Å². The second kappa shape index (κ2) is 5.28. The summed E-state index contributed by atoms with van der Waals surface area (Å²) in [7, 11) is -3.60. The number of hydrogen-bond acceptors (Lipinski definition) is 4. The van der Waals surface area contributed by atoms with E-state index in [2.05, 4.69) is 10.0 Å². The van der Waals surface area contributed by atoms with E-state index in [1.807, 2.05) is 6.92 Å². The molecule has 7 heteroatoms. The predicted molar refractivity (Wildman–Crippen MR) is 70.8 cm³/mol. The quantitative estimate of drug-likeness (QED) is 0.701. The fourth-order valence-electron chi connectivity index (χ4n) is 2.04. The van der Waals surface area contributed by atoms with Gasteiger partial charge < -0.3 is 11.1 Å². The molecule has 0 aliphatic carbocycles. The van der Waals surface area contributed by atoms with Crippen LogP contribution in [0.4, 0.5) is 0 Å². The largest absolute Gasteiger partial charge is 0.354 e. The zero-order valence-corrected chi connectivity index (χ0v) is 11.5. The van der Waals surface area contributed by atoms with Crippen LogP contribution < -0.4 is 15.8 Å². The van der Waals surface area contributed by atoms with E-state index in [4.69, 9.17) is 5.73 Å². The molecule has 19 heavy (non-hydrogen) atoms. The minimum absolute atomic E-state index is 0.137. The van der Waals surface area contributed by atoms with E-state index in [1.165, 1.54) is 6.07 Å². The number of carbonyl (C=O) groups is 1. The summed E-state index contributed by atoms with van der Waals surface area (Å²) in [4.78, 5) is 11.2. The molecule has 0 spiro atoms. The van der Waals surface area contributed by atoms with Crippen molar-refractivity contribution in [2.75, 3.05) is 6.54 Å². The van der Waals surface area contributed by atoms with Crippen molar-refractivity contribution in [3.8, 4) is 0 Å². The first-order chi connectivity index (χ1) is 8.92. The lowest BCUT2D eigenvalue weighted by atomic mass is 10.1. The van der Waals surface area contributed by atoms with Gasteiger partial charge in [0.05, 0.1) is 4.90 Å². The lowest BCUT2D eigenvalue weighted by Crippen LogP contribution is -2.36. The average Bonchev–Trinajstić information content (AvgIpc) is 2.73. The van der Waals surface area contributed by atoms with Crippen molar-refractivity contribution >= 4 is 15.9 Å². The van der Waals surface area contributed by atoms with E-state index < -0.39 is 10.0 Å². The number of aryl methyl sites for hydroxylation is 1. The third kappa shape index (κ3) is 3.12. The van der Waals surface area contributed by atoms with Gasteiger partial charge in [-0.1, -0.05) is 6.07 Å². The Morgan fingerprint density at radius 2 is 2.21 bits per heavy atom. The highest BCUT2D eigenvalue weighted by Crippen LogP contribution is 2.16. The molecule has 1 aliphatic rings. The van der Waals surface area contributed by atoms with E-state index in [-0.39, 0.29) is 23.3 Å². The van der Waals surface area contributed by atoms with Gasteiger partial charge in [0.1, 0.15) is 0 Å². The summed E-state index contributed by atoms with van der Waals surface area (Å²) < 4.78 is 26.9. The number of nitrogens with two attached hydrogens (primary N) is 1.